The Morgan fingerprint density at radius 2 is 2.33 bits per heavy atom. The molecule has 0 saturated heterocycles. The van der Waals surface area contributed by atoms with Gasteiger partial charge in [-0.05, 0) is 18.2 Å². The van der Waals surface area contributed by atoms with Crippen molar-refractivity contribution in [1.29, 1.82) is 0 Å². The van der Waals surface area contributed by atoms with Crippen LogP contribution in [0, 0.1) is 0 Å². The summed E-state index contributed by atoms with van der Waals surface area (Å²) in [4.78, 5) is 7.18. The van der Waals surface area contributed by atoms with Crippen LogP contribution in [0.1, 0.15) is 5.69 Å². The third kappa shape index (κ3) is 1.26. The molecule has 1 aromatic heterocycles. The van der Waals surface area contributed by atoms with E-state index in [0.717, 1.165) is 22.7 Å². The van der Waals surface area contributed by atoms with Crippen LogP contribution < -0.4 is 10.5 Å². The molecule has 0 spiro atoms. The number of benzene rings is 1. The van der Waals surface area contributed by atoms with Gasteiger partial charge in [0.2, 0.25) is 0 Å². The second kappa shape index (κ2) is 2.90. The van der Waals surface area contributed by atoms with Crippen LogP contribution in [0.4, 0.5) is 5.95 Å². The number of aromatic nitrogens is 2. The van der Waals surface area contributed by atoms with Crippen molar-refractivity contribution in [1.82, 2.24) is 9.97 Å². The maximum atomic E-state index is 5.88. The van der Waals surface area contributed by atoms with E-state index in [9.17, 15) is 0 Å². The molecule has 3 rings (SSSR count). The highest BCUT2D eigenvalue weighted by molar-refractivity contribution is 6.30. The van der Waals surface area contributed by atoms with Gasteiger partial charge in [-0.3, -0.25) is 0 Å². The van der Waals surface area contributed by atoms with E-state index in [2.05, 4.69) is 9.97 Å². The van der Waals surface area contributed by atoms with Crippen molar-refractivity contribution in [2.75, 3.05) is 5.73 Å². The second-order valence-corrected chi connectivity index (χ2v) is 3.81. The number of halogens is 1. The fourth-order valence-electron chi connectivity index (χ4n) is 1.72. The van der Waals surface area contributed by atoms with Gasteiger partial charge < -0.3 is 15.5 Å². The van der Waals surface area contributed by atoms with Gasteiger partial charge in [0.25, 0.3) is 0 Å². The summed E-state index contributed by atoms with van der Waals surface area (Å²) in [6.45, 7) is 0.451. The Morgan fingerprint density at radius 1 is 1.47 bits per heavy atom. The summed E-state index contributed by atoms with van der Waals surface area (Å²) >= 11 is 5.88. The molecule has 1 aliphatic heterocycles. The van der Waals surface area contributed by atoms with Gasteiger partial charge in [0.05, 0.1) is 5.69 Å². The minimum atomic E-state index is 0.409. The van der Waals surface area contributed by atoms with E-state index >= 15 is 0 Å². The number of anilines is 1. The standard InChI is InChI=1S/C10H8ClN3O/c11-5-1-2-6-8(3-5)15-4-7-9(6)14-10(12)13-7/h1-3H,4H2,(H3,12,13,14). The molecule has 0 unspecified atom stereocenters. The van der Waals surface area contributed by atoms with Crippen LogP contribution in [0.2, 0.25) is 5.02 Å². The average molecular weight is 222 g/mol. The molecule has 15 heavy (non-hydrogen) atoms. The number of rotatable bonds is 0. The smallest absolute Gasteiger partial charge is 0.198 e. The molecule has 76 valence electrons. The summed E-state index contributed by atoms with van der Waals surface area (Å²) in [7, 11) is 0. The lowest BCUT2D eigenvalue weighted by Crippen LogP contribution is -2.04. The van der Waals surface area contributed by atoms with E-state index in [4.69, 9.17) is 22.1 Å². The first-order chi connectivity index (χ1) is 7.24. The monoisotopic (exact) mass is 221 g/mol. The van der Waals surface area contributed by atoms with E-state index in [1.54, 1.807) is 6.07 Å². The number of hydrogen-bond acceptors (Lipinski definition) is 3. The molecule has 0 bridgehead atoms. The number of nitrogens with one attached hydrogen (secondary N) is 1. The molecule has 3 N–H and O–H groups in total. The molecule has 0 amide bonds. The van der Waals surface area contributed by atoms with Crippen LogP contribution >= 0.6 is 11.6 Å². The van der Waals surface area contributed by atoms with Gasteiger partial charge in [0, 0.05) is 10.6 Å². The van der Waals surface area contributed by atoms with Crippen molar-refractivity contribution in [2.45, 2.75) is 6.61 Å². The zero-order valence-corrected chi connectivity index (χ0v) is 8.51. The molecule has 0 aliphatic carbocycles. The average Bonchev–Trinajstić information content (AvgIpc) is 2.58. The van der Waals surface area contributed by atoms with Crippen LogP contribution in [0.15, 0.2) is 18.2 Å². The topological polar surface area (TPSA) is 63.9 Å². The number of hydrogen-bond donors (Lipinski definition) is 2. The molecular weight excluding hydrogens is 214 g/mol. The number of H-pyrrole nitrogens is 1. The summed E-state index contributed by atoms with van der Waals surface area (Å²) in [6, 6.07) is 5.48. The molecular formula is C10H8ClN3O. The number of imidazole rings is 1. The molecule has 0 atom stereocenters. The van der Waals surface area contributed by atoms with Crippen molar-refractivity contribution in [2.24, 2.45) is 0 Å². The summed E-state index contributed by atoms with van der Waals surface area (Å²) in [6.07, 6.45) is 0. The number of ether oxygens (including phenoxy) is 1. The first kappa shape index (κ1) is 8.61. The molecule has 1 aliphatic rings. The van der Waals surface area contributed by atoms with Gasteiger partial charge in [0.15, 0.2) is 5.95 Å². The SMILES string of the molecule is Nc1nc2c([nH]1)COc1cc(Cl)ccc1-2. The molecule has 2 aromatic rings. The van der Waals surface area contributed by atoms with Gasteiger partial charge in [-0.2, -0.15) is 0 Å². The zero-order valence-electron chi connectivity index (χ0n) is 7.75. The molecule has 0 radical (unpaired) electrons. The van der Waals surface area contributed by atoms with Crippen LogP contribution in [0.25, 0.3) is 11.3 Å². The van der Waals surface area contributed by atoms with Crippen molar-refractivity contribution in [3.8, 4) is 17.0 Å². The first-order valence-electron chi connectivity index (χ1n) is 4.51. The Kier molecular flexibility index (Phi) is 1.67. The summed E-state index contributed by atoms with van der Waals surface area (Å²) in [5.41, 5.74) is 8.28. The largest absolute Gasteiger partial charge is 0.487 e. The van der Waals surface area contributed by atoms with Crippen molar-refractivity contribution >= 4 is 17.5 Å². The number of nitrogens with two attached hydrogens (primary N) is 1. The van der Waals surface area contributed by atoms with Gasteiger partial charge >= 0.3 is 0 Å². The van der Waals surface area contributed by atoms with Gasteiger partial charge in [-0.15, -0.1) is 0 Å². The fourth-order valence-corrected chi connectivity index (χ4v) is 1.88. The second-order valence-electron chi connectivity index (χ2n) is 3.38. The molecule has 0 fully saturated rings. The summed E-state index contributed by atoms with van der Waals surface area (Å²) in [5.74, 6) is 1.16. The quantitative estimate of drug-likeness (QED) is 0.717. The Labute approximate surface area is 91.0 Å². The lowest BCUT2D eigenvalue weighted by Gasteiger charge is -2.16. The highest BCUT2D eigenvalue weighted by atomic mass is 35.5. The number of nitrogens with zero attached hydrogens (tertiary/aromatic N) is 1. The first-order valence-corrected chi connectivity index (χ1v) is 4.89. The highest BCUT2D eigenvalue weighted by Crippen LogP contribution is 2.37. The van der Waals surface area contributed by atoms with E-state index in [1.807, 2.05) is 12.1 Å². The predicted octanol–water partition coefficient (Wildman–Crippen LogP) is 2.20. The maximum absolute atomic E-state index is 5.88. The molecule has 0 saturated carbocycles. The van der Waals surface area contributed by atoms with Crippen molar-refractivity contribution < 1.29 is 4.74 Å². The normalized spacial score (nSPS) is 12.9. The van der Waals surface area contributed by atoms with Crippen LogP contribution in [0.5, 0.6) is 5.75 Å². The predicted molar refractivity (Wildman–Crippen MR) is 57.8 cm³/mol. The lowest BCUT2D eigenvalue weighted by atomic mass is 10.1. The van der Waals surface area contributed by atoms with Gasteiger partial charge in [-0.1, -0.05) is 11.6 Å². The van der Waals surface area contributed by atoms with E-state index in [1.165, 1.54) is 0 Å². The van der Waals surface area contributed by atoms with Crippen LogP contribution in [0.3, 0.4) is 0 Å². The zero-order chi connectivity index (χ0) is 10.4. The molecule has 2 heterocycles. The Bertz CT molecular complexity index is 535. The minimum absolute atomic E-state index is 0.409. The van der Waals surface area contributed by atoms with E-state index < -0.39 is 0 Å². The number of nitrogen functional groups attached to an aromatic ring is 1. The third-order valence-corrected chi connectivity index (χ3v) is 2.60. The van der Waals surface area contributed by atoms with Crippen LogP contribution in [-0.4, -0.2) is 9.97 Å². The molecule has 5 heteroatoms. The van der Waals surface area contributed by atoms with Gasteiger partial charge in [-0.25, -0.2) is 4.98 Å². The van der Waals surface area contributed by atoms with Crippen LogP contribution in [-0.2, 0) is 6.61 Å². The van der Waals surface area contributed by atoms with Gasteiger partial charge in [0.1, 0.15) is 18.1 Å². The highest BCUT2D eigenvalue weighted by Gasteiger charge is 2.20. The fraction of sp³-hybridized carbons (Fsp3) is 0.100. The maximum Gasteiger partial charge on any atom is 0.198 e. The third-order valence-electron chi connectivity index (χ3n) is 2.37. The lowest BCUT2D eigenvalue weighted by molar-refractivity contribution is 0.298. The minimum Gasteiger partial charge on any atom is -0.487 e. The molecule has 1 aromatic carbocycles. The van der Waals surface area contributed by atoms with E-state index in [0.29, 0.717) is 17.6 Å². The summed E-state index contributed by atoms with van der Waals surface area (Å²) in [5, 5.41) is 0.653. The van der Waals surface area contributed by atoms with E-state index in [-0.39, 0.29) is 0 Å². The molecule has 4 nitrogen and oxygen atoms in total. The summed E-state index contributed by atoms with van der Waals surface area (Å²) < 4.78 is 5.53. The number of fused-ring (bicyclic) bond motifs is 3. The Morgan fingerprint density at radius 3 is 3.20 bits per heavy atom. The Hall–Kier alpha value is -1.68. The Balaban J connectivity index is 2.25. The van der Waals surface area contributed by atoms with Crippen molar-refractivity contribution in [3.05, 3.63) is 28.9 Å². The number of aromatic amines is 1. The van der Waals surface area contributed by atoms with Crippen molar-refractivity contribution in [3.63, 3.8) is 0 Å².